The fourth-order valence-electron chi connectivity index (χ4n) is 4.08. The zero-order valence-corrected chi connectivity index (χ0v) is 18.2. The number of nitrogens with zero attached hydrogens (tertiary/aromatic N) is 3. The molecule has 3 aromatic rings. The number of aryl methyl sites for hydroxylation is 1. The van der Waals surface area contributed by atoms with Gasteiger partial charge in [-0.05, 0) is 80.1 Å². The average molecular weight is 404 g/mol. The molecule has 2 aromatic heterocycles. The summed E-state index contributed by atoms with van der Waals surface area (Å²) in [6, 6.07) is 14.6. The molecule has 0 spiro atoms. The third-order valence-corrected chi connectivity index (χ3v) is 6.00. The van der Waals surface area contributed by atoms with Gasteiger partial charge in [-0.3, -0.25) is 4.79 Å². The molecule has 1 amide bonds. The Hall–Kier alpha value is -3.08. The van der Waals surface area contributed by atoms with E-state index >= 15 is 0 Å². The van der Waals surface area contributed by atoms with Crippen LogP contribution in [0.1, 0.15) is 29.7 Å². The second-order valence-electron chi connectivity index (χ2n) is 8.18. The molecule has 0 N–H and O–H groups in total. The first kappa shape index (κ1) is 20.2. The molecule has 0 unspecified atom stereocenters. The van der Waals surface area contributed by atoms with E-state index in [4.69, 9.17) is 9.72 Å². The van der Waals surface area contributed by atoms with E-state index in [0.29, 0.717) is 0 Å². The topological polar surface area (TPSA) is 47.4 Å². The molecular weight excluding hydrogens is 374 g/mol. The molecule has 0 radical (unpaired) electrons. The number of benzene rings is 1. The molecule has 156 valence electrons. The standard InChI is InChI=1S/C25H29N3O2/c1-17-12-14-23(28(17)4)22-11-7-10-21(26-22)19-13-15-24(30-16-25(29)27(2)3)20-9-6-5-8-18(19)20/h7,10-15H,5-6,8-9,16H2,1-4H3. The second-order valence-corrected chi connectivity index (χ2v) is 8.18. The van der Waals surface area contributed by atoms with Gasteiger partial charge < -0.3 is 14.2 Å². The third kappa shape index (κ3) is 3.84. The summed E-state index contributed by atoms with van der Waals surface area (Å²) in [5.74, 6) is 0.800. The Balaban J connectivity index is 1.71. The Bertz CT molecular complexity index is 1080. The molecule has 30 heavy (non-hydrogen) atoms. The first-order chi connectivity index (χ1) is 14.5. The number of carbonyl (C=O) groups is 1. The summed E-state index contributed by atoms with van der Waals surface area (Å²) in [6.45, 7) is 2.17. The minimum Gasteiger partial charge on any atom is -0.483 e. The van der Waals surface area contributed by atoms with Crippen LogP contribution in [0.5, 0.6) is 5.75 Å². The lowest BCUT2D eigenvalue weighted by molar-refractivity contribution is -0.130. The monoisotopic (exact) mass is 403 g/mol. The molecule has 0 bridgehead atoms. The van der Waals surface area contributed by atoms with Crippen molar-refractivity contribution in [2.45, 2.75) is 32.6 Å². The minimum absolute atomic E-state index is 0.0316. The van der Waals surface area contributed by atoms with E-state index in [-0.39, 0.29) is 12.5 Å². The number of hydrogen-bond acceptors (Lipinski definition) is 3. The Kier molecular flexibility index (Phi) is 5.62. The Morgan fingerprint density at radius 2 is 1.77 bits per heavy atom. The maximum absolute atomic E-state index is 12.0. The van der Waals surface area contributed by atoms with Gasteiger partial charge >= 0.3 is 0 Å². The molecule has 5 nitrogen and oxygen atoms in total. The van der Waals surface area contributed by atoms with Gasteiger partial charge in [0.25, 0.3) is 5.91 Å². The number of pyridine rings is 1. The van der Waals surface area contributed by atoms with Crippen LogP contribution in [0.3, 0.4) is 0 Å². The minimum atomic E-state index is -0.0316. The smallest absolute Gasteiger partial charge is 0.259 e. The van der Waals surface area contributed by atoms with Crippen molar-refractivity contribution in [2.24, 2.45) is 7.05 Å². The van der Waals surface area contributed by atoms with Crippen molar-refractivity contribution in [1.29, 1.82) is 0 Å². The summed E-state index contributed by atoms with van der Waals surface area (Å²) >= 11 is 0. The van der Waals surface area contributed by atoms with Gasteiger partial charge in [0.05, 0.1) is 17.1 Å². The lowest BCUT2D eigenvalue weighted by Gasteiger charge is -2.23. The highest BCUT2D eigenvalue weighted by Gasteiger charge is 2.20. The SMILES string of the molecule is Cc1ccc(-c2cccc(-c3ccc(OCC(=O)N(C)C)c4c3CCCC4)n2)n1C. The molecule has 1 aliphatic rings. The highest BCUT2D eigenvalue weighted by atomic mass is 16.5. The van der Waals surface area contributed by atoms with Crippen LogP contribution in [0.2, 0.25) is 0 Å². The quantitative estimate of drug-likeness (QED) is 0.634. The summed E-state index contributed by atoms with van der Waals surface area (Å²) in [7, 11) is 5.57. The van der Waals surface area contributed by atoms with Crippen molar-refractivity contribution in [2.75, 3.05) is 20.7 Å². The fourth-order valence-corrected chi connectivity index (χ4v) is 4.08. The third-order valence-electron chi connectivity index (χ3n) is 6.00. The van der Waals surface area contributed by atoms with Crippen LogP contribution >= 0.6 is 0 Å². The highest BCUT2D eigenvalue weighted by Crippen LogP contribution is 2.37. The molecular formula is C25H29N3O2. The molecule has 2 heterocycles. The van der Waals surface area contributed by atoms with E-state index in [0.717, 1.165) is 48.5 Å². The molecule has 0 fully saturated rings. The summed E-state index contributed by atoms with van der Waals surface area (Å²) < 4.78 is 8.08. The predicted molar refractivity (Wildman–Crippen MR) is 120 cm³/mol. The molecule has 1 aliphatic carbocycles. The van der Waals surface area contributed by atoms with Gasteiger partial charge in [0.1, 0.15) is 5.75 Å². The van der Waals surface area contributed by atoms with Crippen LogP contribution < -0.4 is 4.74 Å². The van der Waals surface area contributed by atoms with Gasteiger partial charge in [0, 0.05) is 32.4 Å². The zero-order valence-electron chi connectivity index (χ0n) is 18.2. The Morgan fingerprint density at radius 1 is 1.03 bits per heavy atom. The van der Waals surface area contributed by atoms with Crippen LogP contribution in [0.4, 0.5) is 0 Å². The number of hydrogen-bond donors (Lipinski definition) is 0. The number of carbonyl (C=O) groups excluding carboxylic acids is 1. The van der Waals surface area contributed by atoms with Gasteiger partial charge in [-0.25, -0.2) is 4.98 Å². The summed E-state index contributed by atoms with van der Waals surface area (Å²) in [6.07, 6.45) is 4.30. The predicted octanol–water partition coefficient (Wildman–Crippen LogP) is 4.41. The largest absolute Gasteiger partial charge is 0.483 e. The van der Waals surface area contributed by atoms with Crippen molar-refractivity contribution in [3.05, 3.63) is 59.3 Å². The van der Waals surface area contributed by atoms with Crippen molar-refractivity contribution < 1.29 is 9.53 Å². The lowest BCUT2D eigenvalue weighted by atomic mass is 9.86. The second kappa shape index (κ2) is 8.34. The molecule has 4 rings (SSSR count). The Labute approximate surface area is 178 Å². The molecule has 5 heteroatoms. The van der Waals surface area contributed by atoms with Crippen LogP contribution in [-0.2, 0) is 24.7 Å². The molecule has 0 saturated carbocycles. The molecule has 0 atom stereocenters. The van der Waals surface area contributed by atoms with Gasteiger partial charge in [-0.15, -0.1) is 0 Å². The van der Waals surface area contributed by atoms with Crippen molar-refractivity contribution in [1.82, 2.24) is 14.5 Å². The van der Waals surface area contributed by atoms with Crippen molar-refractivity contribution in [3.63, 3.8) is 0 Å². The van der Waals surface area contributed by atoms with Crippen LogP contribution in [-0.4, -0.2) is 41.1 Å². The summed E-state index contributed by atoms with van der Waals surface area (Å²) in [5, 5.41) is 0. The van der Waals surface area contributed by atoms with Crippen molar-refractivity contribution >= 4 is 5.91 Å². The first-order valence-corrected chi connectivity index (χ1v) is 10.5. The van der Waals surface area contributed by atoms with Gasteiger partial charge in [-0.2, -0.15) is 0 Å². The number of ether oxygens (including phenoxy) is 1. The van der Waals surface area contributed by atoms with Gasteiger partial charge in [-0.1, -0.05) is 6.07 Å². The van der Waals surface area contributed by atoms with E-state index < -0.39 is 0 Å². The zero-order chi connectivity index (χ0) is 21.3. The number of fused-ring (bicyclic) bond motifs is 1. The number of likely N-dealkylation sites (N-methyl/N-ethyl adjacent to an activating group) is 1. The average Bonchev–Trinajstić information content (AvgIpc) is 3.10. The number of rotatable bonds is 5. The fraction of sp³-hybridized carbons (Fsp3) is 0.360. The highest BCUT2D eigenvalue weighted by molar-refractivity contribution is 5.77. The van der Waals surface area contributed by atoms with E-state index in [1.807, 2.05) is 6.07 Å². The summed E-state index contributed by atoms with van der Waals surface area (Å²) in [4.78, 5) is 18.5. The van der Waals surface area contributed by atoms with E-state index in [2.05, 4.69) is 54.9 Å². The van der Waals surface area contributed by atoms with Crippen LogP contribution in [0, 0.1) is 6.92 Å². The van der Waals surface area contributed by atoms with E-state index in [9.17, 15) is 4.79 Å². The maximum atomic E-state index is 12.0. The number of aromatic nitrogens is 2. The lowest BCUT2D eigenvalue weighted by Crippen LogP contribution is -2.27. The molecule has 0 saturated heterocycles. The summed E-state index contributed by atoms with van der Waals surface area (Å²) in [5.41, 5.74) is 8.00. The van der Waals surface area contributed by atoms with Crippen molar-refractivity contribution in [3.8, 4) is 28.4 Å². The van der Waals surface area contributed by atoms with Crippen LogP contribution in [0.25, 0.3) is 22.6 Å². The molecule has 0 aliphatic heterocycles. The van der Waals surface area contributed by atoms with Crippen LogP contribution in [0.15, 0.2) is 42.5 Å². The Morgan fingerprint density at radius 3 is 2.47 bits per heavy atom. The molecule has 1 aromatic carbocycles. The maximum Gasteiger partial charge on any atom is 0.259 e. The normalized spacial score (nSPS) is 13.1. The van der Waals surface area contributed by atoms with Gasteiger partial charge in [0.2, 0.25) is 0 Å². The van der Waals surface area contributed by atoms with Gasteiger partial charge in [0.15, 0.2) is 6.61 Å². The first-order valence-electron chi connectivity index (χ1n) is 10.5. The van der Waals surface area contributed by atoms with E-state index in [1.54, 1.807) is 19.0 Å². The van der Waals surface area contributed by atoms with E-state index in [1.165, 1.54) is 22.4 Å². The number of amides is 1.